The van der Waals surface area contributed by atoms with Crippen LogP contribution in [0.4, 0.5) is 0 Å². The Hall–Kier alpha value is -2.04. The molecular formula is C21H28O5. The van der Waals surface area contributed by atoms with Gasteiger partial charge in [0, 0.05) is 18.4 Å². The van der Waals surface area contributed by atoms with Gasteiger partial charge in [-0.05, 0) is 42.9 Å². The van der Waals surface area contributed by atoms with Gasteiger partial charge in [-0.25, -0.2) is 0 Å². The molecule has 1 aromatic carbocycles. The van der Waals surface area contributed by atoms with Gasteiger partial charge in [-0.1, -0.05) is 32.1 Å². The fraction of sp³-hybridized carbons (Fsp3) is 0.619. The third-order valence-electron chi connectivity index (χ3n) is 5.39. The van der Waals surface area contributed by atoms with Crippen LogP contribution in [0.1, 0.15) is 73.7 Å². The largest absolute Gasteiger partial charge is 0.490 e. The summed E-state index contributed by atoms with van der Waals surface area (Å²) in [6, 6.07) is 3.72. The number of benzene rings is 1. The third kappa shape index (κ3) is 4.99. The molecule has 0 unspecified atom stereocenters. The maximum absolute atomic E-state index is 12.0. The Morgan fingerprint density at radius 2 is 1.77 bits per heavy atom. The second-order valence-electron chi connectivity index (χ2n) is 7.37. The lowest BCUT2D eigenvalue weighted by Crippen LogP contribution is -2.11. The normalized spacial score (nSPS) is 17.2. The fourth-order valence-electron chi connectivity index (χ4n) is 3.89. The minimum atomic E-state index is -0.832. The first-order valence-electron chi connectivity index (χ1n) is 9.81. The van der Waals surface area contributed by atoms with Crippen LogP contribution in [0.3, 0.4) is 0 Å². The molecule has 0 radical (unpaired) electrons. The topological polar surface area (TPSA) is 72.8 Å². The minimum absolute atomic E-state index is 0.0712. The summed E-state index contributed by atoms with van der Waals surface area (Å²) in [4.78, 5) is 22.6. The quantitative estimate of drug-likeness (QED) is 0.661. The van der Waals surface area contributed by atoms with E-state index in [0.717, 1.165) is 29.9 Å². The number of aliphatic carboxylic acids is 1. The Bertz CT molecular complexity index is 646. The molecule has 2 aliphatic rings. The van der Waals surface area contributed by atoms with E-state index < -0.39 is 5.97 Å². The third-order valence-corrected chi connectivity index (χ3v) is 5.39. The monoisotopic (exact) mass is 360 g/mol. The molecule has 0 amide bonds. The van der Waals surface area contributed by atoms with Gasteiger partial charge in [0.25, 0.3) is 0 Å². The lowest BCUT2D eigenvalue weighted by molar-refractivity contribution is -0.137. The number of fused-ring (bicyclic) bond motifs is 1. The van der Waals surface area contributed by atoms with Crippen LogP contribution < -0.4 is 9.47 Å². The lowest BCUT2D eigenvalue weighted by Gasteiger charge is -2.22. The number of carbonyl (C=O) groups excluding carboxylic acids is 1. The number of ketones is 1. The summed E-state index contributed by atoms with van der Waals surface area (Å²) < 4.78 is 11.8. The predicted octanol–water partition coefficient (Wildman–Crippen LogP) is 4.41. The molecule has 0 heterocycles. The zero-order chi connectivity index (χ0) is 18.4. The van der Waals surface area contributed by atoms with Crippen LogP contribution in [-0.2, 0) is 11.2 Å². The molecule has 1 aromatic rings. The summed E-state index contributed by atoms with van der Waals surface area (Å²) in [6.07, 6.45) is 9.43. The number of carbonyl (C=O) groups is 2. The highest BCUT2D eigenvalue weighted by atomic mass is 16.5. The second kappa shape index (κ2) is 9.06. The number of rotatable bonds is 9. The molecule has 0 bridgehead atoms. The average Bonchev–Trinajstić information content (AvgIpc) is 2.99. The molecule has 26 heavy (non-hydrogen) atoms. The van der Waals surface area contributed by atoms with E-state index in [9.17, 15) is 9.59 Å². The Labute approximate surface area is 154 Å². The van der Waals surface area contributed by atoms with Gasteiger partial charge >= 0.3 is 5.97 Å². The lowest BCUT2D eigenvalue weighted by atomic mass is 9.87. The van der Waals surface area contributed by atoms with Gasteiger partial charge in [0.2, 0.25) is 0 Å². The summed E-state index contributed by atoms with van der Waals surface area (Å²) >= 11 is 0. The molecule has 5 heteroatoms. The van der Waals surface area contributed by atoms with Gasteiger partial charge in [0.1, 0.15) is 0 Å². The van der Waals surface area contributed by atoms with Crippen LogP contribution in [0.2, 0.25) is 0 Å². The summed E-state index contributed by atoms with van der Waals surface area (Å²) in [5.74, 6) is 1.31. The van der Waals surface area contributed by atoms with Gasteiger partial charge in [-0.15, -0.1) is 0 Å². The first kappa shape index (κ1) is 18.7. The summed E-state index contributed by atoms with van der Waals surface area (Å²) in [5, 5.41) is 8.74. The number of ether oxygens (including phenoxy) is 2. The zero-order valence-corrected chi connectivity index (χ0v) is 15.3. The van der Waals surface area contributed by atoms with Crippen molar-refractivity contribution in [2.24, 2.45) is 5.92 Å². The molecule has 142 valence electrons. The van der Waals surface area contributed by atoms with E-state index in [1.165, 1.54) is 32.1 Å². The highest BCUT2D eigenvalue weighted by molar-refractivity contribution is 6.01. The molecule has 3 rings (SSSR count). The molecule has 1 fully saturated rings. The highest BCUT2D eigenvalue weighted by Crippen LogP contribution is 2.36. The first-order chi connectivity index (χ1) is 12.6. The first-order valence-corrected chi connectivity index (χ1v) is 9.81. The standard InChI is InChI=1S/C21H28O5/c22-18-9-8-16-13-19(26-12-10-15-5-2-1-3-6-15)20(14-17(16)18)25-11-4-7-21(23)24/h13-15H,1-12H2,(H,23,24). The zero-order valence-electron chi connectivity index (χ0n) is 15.3. The van der Waals surface area contributed by atoms with Crippen molar-refractivity contribution < 1.29 is 24.2 Å². The molecule has 0 saturated heterocycles. The van der Waals surface area contributed by atoms with Gasteiger partial charge in [0.05, 0.1) is 13.2 Å². The minimum Gasteiger partial charge on any atom is -0.490 e. The van der Waals surface area contributed by atoms with Crippen molar-refractivity contribution in [3.63, 3.8) is 0 Å². The Kier molecular flexibility index (Phi) is 6.53. The van der Waals surface area contributed by atoms with Crippen LogP contribution in [-0.4, -0.2) is 30.1 Å². The summed E-state index contributed by atoms with van der Waals surface area (Å²) in [5.41, 5.74) is 1.75. The van der Waals surface area contributed by atoms with Gasteiger partial charge in [0.15, 0.2) is 17.3 Å². The van der Waals surface area contributed by atoms with Gasteiger partial charge in [-0.3, -0.25) is 9.59 Å². The second-order valence-corrected chi connectivity index (χ2v) is 7.37. The molecule has 2 aliphatic carbocycles. The Morgan fingerprint density at radius 1 is 1.04 bits per heavy atom. The van der Waals surface area contributed by atoms with Crippen LogP contribution >= 0.6 is 0 Å². The maximum Gasteiger partial charge on any atom is 0.303 e. The van der Waals surface area contributed by atoms with Crippen molar-refractivity contribution in [1.82, 2.24) is 0 Å². The van der Waals surface area contributed by atoms with E-state index in [0.29, 0.717) is 37.6 Å². The van der Waals surface area contributed by atoms with Crippen molar-refractivity contribution in [3.8, 4) is 11.5 Å². The van der Waals surface area contributed by atoms with Crippen LogP contribution in [0.25, 0.3) is 0 Å². The fourth-order valence-corrected chi connectivity index (χ4v) is 3.89. The van der Waals surface area contributed by atoms with Crippen LogP contribution in [0.15, 0.2) is 12.1 Å². The van der Waals surface area contributed by atoms with Crippen molar-refractivity contribution in [2.75, 3.05) is 13.2 Å². The smallest absolute Gasteiger partial charge is 0.303 e. The number of aryl methyl sites for hydroxylation is 1. The molecule has 0 aliphatic heterocycles. The molecule has 0 atom stereocenters. The predicted molar refractivity (Wildman–Crippen MR) is 98.1 cm³/mol. The van der Waals surface area contributed by atoms with Crippen molar-refractivity contribution in [3.05, 3.63) is 23.3 Å². The van der Waals surface area contributed by atoms with E-state index in [-0.39, 0.29) is 12.2 Å². The molecule has 5 nitrogen and oxygen atoms in total. The average molecular weight is 360 g/mol. The van der Waals surface area contributed by atoms with Crippen molar-refractivity contribution >= 4 is 11.8 Å². The number of Topliss-reactive ketones (excluding diaryl/α,β-unsaturated/α-hetero) is 1. The maximum atomic E-state index is 12.0. The number of hydrogen-bond acceptors (Lipinski definition) is 4. The molecule has 0 aromatic heterocycles. The van der Waals surface area contributed by atoms with E-state index in [1.807, 2.05) is 6.07 Å². The number of carboxylic acids is 1. The van der Waals surface area contributed by atoms with Crippen molar-refractivity contribution in [1.29, 1.82) is 0 Å². The van der Waals surface area contributed by atoms with E-state index in [2.05, 4.69) is 0 Å². The van der Waals surface area contributed by atoms with Gasteiger partial charge < -0.3 is 14.6 Å². The molecule has 1 N–H and O–H groups in total. The molecule has 0 spiro atoms. The SMILES string of the molecule is O=C(O)CCCOc1cc2c(cc1OCCC1CCCCC1)CCC2=O. The Morgan fingerprint density at radius 3 is 2.54 bits per heavy atom. The van der Waals surface area contributed by atoms with Crippen LogP contribution in [0.5, 0.6) is 11.5 Å². The van der Waals surface area contributed by atoms with Gasteiger partial charge in [-0.2, -0.15) is 0 Å². The van der Waals surface area contributed by atoms with Crippen LogP contribution in [0, 0.1) is 5.92 Å². The number of carboxylic acid groups (broad SMARTS) is 1. The van der Waals surface area contributed by atoms with E-state index in [4.69, 9.17) is 14.6 Å². The highest BCUT2D eigenvalue weighted by Gasteiger charge is 2.23. The summed E-state index contributed by atoms with van der Waals surface area (Å²) in [6.45, 7) is 0.959. The molecular weight excluding hydrogens is 332 g/mol. The number of hydrogen-bond donors (Lipinski definition) is 1. The van der Waals surface area contributed by atoms with E-state index in [1.54, 1.807) is 6.07 Å². The molecule has 1 saturated carbocycles. The van der Waals surface area contributed by atoms with E-state index >= 15 is 0 Å². The van der Waals surface area contributed by atoms with Crippen molar-refractivity contribution in [2.45, 2.75) is 64.2 Å². The summed E-state index contributed by atoms with van der Waals surface area (Å²) in [7, 11) is 0. The Balaban J connectivity index is 1.61.